The highest BCUT2D eigenvalue weighted by Crippen LogP contribution is 2.31. The molecule has 0 spiro atoms. The molecule has 1 fully saturated rings. The summed E-state index contributed by atoms with van der Waals surface area (Å²) in [6.07, 6.45) is 6.55. The number of hydrogen-bond acceptors (Lipinski definition) is 5. The van der Waals surface area contributed by atoms with Crippen LogP contribution in [0.1, 0.15) is 42.5 Å². The molecule has 168 valence electrons. The van der Waals surface area contributed by atoms with E-state index in [0.29, 0.717) is 29.3 Å². The monoisotopic (exact) mass is 462 g/mol. The lowest BCUT2D eigenvalue weighted by atomic mass is 10.0. The number of carbonyl (C=O) groups is 1. The second-order valence-electron chi connectivity index (χ2n) is 8.26. The van der Waals surface area contributed by atoms with Gasteiger partial charge in [0.05, 0.1) is 17.8 Å². The number of carbonyl (C=O) groups excluding carboxylic acids is 1. The fourth-order valence-electron chi connectivity index (χ4n) is 4.35. The Hall–Kier alpha value is -3.45. The average molecular weight is 463 g/mol. The Labute approximate surface area is 195 Å². The third-order valence-corrected chi connectivity index (χ3v) is 6.23. The molecule has 1 aliphatic rings. The van der Waals surface area contributed by atoms with Crippen molar-refractivity contribution in [3.05, 3.63) is 93.5 Å². The number of rotatable bonds is 5. The van der Waals surface area contributed by atoms with E-state index in [1.807, 2.05) is 36.4 Å². The number of likely N-dealkylation sites (tertiary alicyclic amines) is 1. The van der Waals surface area contributed by atoms with Crippen molar-refractivity contribution in [2.45, 2.75) is 38.3 Å². The number of aromatic nitrogens is 3. The summed E-state index contributed by atoms with van der Waals surface area (Å²) in [5.74, 6) is 1.08. The predicted octanol–water partition coefficient (Wildman–Crippen LogP) is 4.38. The van der Waals surface area contributed by atoms with Gasteiger partial charge in [0.25, 0.3) is 5.56 Å². The van der Waals surface area contributed by atoms with Gasteiger partial charge in [-0.15, -0.1) is 0 Å². The van der Waals surface area contributed by atoms with Gasteiger partial charge in [0, 0.05) is 23.4 Å². The molecule has 1 aliphatic heterocycles. The molecule has 1 saturated heterocycles. The van der Waals surface area contributed by atoms with E-state index >= 15 is 0 Å². The molecule has 4 aromatic rings. The maximum absolute atomic E-state index is 13.2. The molecular weight excluding hydrogens is 440 g/mol. The molecule has 2 aromatic carbocycles. The lowest BCUT2D eigenvalue weighted by Crippen LogP contribution is -2.42. The molecule has 3 heterocycles. The fraction of sp³-hybridized carbons (Fsp3) is 0.280. The molecule has 0 aliphatic carbocycles. The Balaban J connectivity index is 1.35. The van der Waals surface area contributed by atoms with Crippen molar-refractivity contribution >= 4 is 28.3 Å². The molecule has 1 atom stereocenters. The van der Waals surface area contributed by atoms with Gasteiger partial charge < -0.3 is 9.32 Å². The van der Waals surface area contributed by atoms with Gasteiger partial charge >= 0.3 is 0 Å². The molecule has 1 amide bonds. The van der Waals surface area contributed by atoms with E-state index in [4.69, 9.17) is 16.0 Å². The van der Waals surface area contributed by atoms with Crippen LogP contribution in [0, 0.1) is 0 Å². The summed E-state index contributed by atoms with van der Waals surface area (Å²) in [7, 11) is 0. The summed E-state index contributed by atoms with van der Waals surface area (Å²) < 4.78 is 7.28. The van der Waals surface area contributed by atoms with E-state index in [-0.39, 0.29) is 24.1 Å². The first-order chi connectivity index (χ1) is 16.1. The number of piperidine rings is 1. The smallest absolute Gasteiger partial charge is 0.275 e. The van der Waals surface area contributed by atoms with Gasteiger partial charge in [0.15, 0.2) is 0 Å². The molecule has 33 heavy (non-hydrogen) atoms. The van der Waals surface area contributed by atoms with Crippen molar-refractivity contribution in [3.63, 3.8) is 0 Å². The fourth-order valence-corrected chi connectivity index (χ4v) is 4.57. The van der Waals surface area contributed by atoms with Crippen molar-refractivity contribution in [1.82, 2.24) is 19.7 Å². The van der Waals surface area contributed by atoms with Crippen molar-refractivity contribution in [1.29, 1.82) is 0 Å². The third kappa shape index (κ3) is 4.54. The summed E-state index contributed by atoms with van der Waals surface area (Å²) in [4.78, 5) is 32.3. The van der Waals surface area contributed by atoms with Crippen LogP contribution in [0.15, 0.2) is 70.1 Å². The highest BCUT2D eigenvalue weighted by molar-refractivity contribution is 6.30. The molecule has 0 unspecified atom stereocenters. The quantitative estimate of drug-likeness (QED) is 0.439. The van der Waals surface area contributed by atoms with Crippen molar-refractivity contribution in [3.8, 4) is 0 Å². The second kappa shape index (κ2) is 9.19. The second-order valence-corrected chi connectivity index (χ2v) is 8.70. The average Bonchev–Trinajstić information content (AvgIpc) is 3.29. The van der Waals surface area contributed by atoms with E-state index in [9.17, 15) is 9.59 Å². The van der Waals surface area contributed by atoms with Gasteiger partial charge in [0.1, 0.15) is 18.3 Å². The van der Waals surface area contributed by atoms with Crippen LogP contribution in [-0.2, 0) is 17.8 Å². The van der Waals surface area contributed by atoms with E-state index in [1.165, 1.54) is 4.68 Å². The molecule has 2 aromatic heterocycles. The standard InChI is InChI=1S/C25H23ClN4O3/c26-19-8-5-6-17(12-19)13-20-15-27-24(33-20)22-10-3-4-11-29(22)23(31)16-30-25(32)21-9-2-1-7-18(21)14-28-30/h1-2,5-9,12,14-15,22H,3-4,10-11,13,16H2/t22-/m0/s1. The first-order valence-electron chi connectivity index (χ1n) is 11.0. The van der Waals surface area contributed by atoms with Gasteiger partial charge in [-0.3, -0.25) is 9.59 Å². The SMILES string of the molecule is O=C(Cn1ncc2ccccc2c1=O)N1CCCC[C@H]1c1ncc(Cc2cccc(Cl)c2)o1. The van der Waals surface area contributed by atoms with Crippen molar-refractivity contribution in [2.75, 3.05) is 6.54 Å². The number of benzene rings is 2. The van der Waals surface area contributed by atoms with Gasteiger partial charge in [-0.05, 0) is 43.0 Å². The van der Waals surface area contributed by atoms with Gasteiger partial charge in [0.2, 0.25) is 11.8 Å². The van der Waals surface area contributed by atoms with Crippen LogP contribution in [0.5, 0.6) is 0 Å². The first-order valence-corrected chi connectivity index (χ1v) is 11.4. The van der Waals surface area contributed by atoms with Crippen LogP contribution in [0.3, 0.4) is 0 Å². The zero-order valence-corrected chi connectivity index (χ0v) is 18.7. The maximum atomic E-state index is 13.2. The number of hydrogen-bond donors (Lipinski definition) is 0. The van der Waals surface area contributed by atoms with Gasteiger partial charge in [-0.1, -0.05) is 41.9 Å². The topological polar surface area (TPSA) is 81.2 Å². The third-order valence-electron chi connectivity index (χ3n) is 5.99. The Bertz CT molecular complexity index is 1360. The summed E-state index contributed by atoms with van der Waals surface area (Å²) in [6.45, 7) is 0.480. The number of amides is 1. The summed E-state index contributed by atoms with van der Waals surface area (Å²) in [6, 6.07) is 14.6. The molecule has 0 saturated carbocycles. The Morgan fingerprint density at radius 1 is 1.12 bits per heavy atom. The lowest BCUT2D eigenvalue weighted by molar-refractivity contribution is -0.136. The van der Waals surface area contributed by atoms with Crippen LogP contribution in [0.4, 0.5) is 0 Å². The van der Waals surface area contributed by atoms with Crippen LogP contribution < -0.4 is 5.56 Å². The highest BCUT2D eigenvalue weighted by atomic mass is 35.5. The van der Waals surface area contributed by atoms with Gasteiger partial charge in [-0.25, -0.2) is 9.67 Å². The number of oxazole rings is 1. The zero-order valence-electron chi connectivity index (χ0n) is 18.0. The van der Waals surface area contributed by atoms with E-state index < -0.39 is 0 Å². The molecule has 7 nitrogen and oxygen atoms in total. The minimum atomic E-state index is -0.269. The summed E-state index contributed by atoms with van der Waals surface area (Å²) >= 11 is 6.08. The Morgan fingerprint density at radius 3 is 2.88 bits per heavy atom. The zero-order chi connectivity index (χ0) is 22.8. The normalized spacial score (nSPS) is 16.3. The minimum absolute atomic E-state index is 0.115. The Morgan fingerprint density at radius 2 is 2.00 bits per heavy atom. The molecular formula is C25H23ClN4O3. The van der Waals surface area contributed by atoms with E-state index in [1.54, 1.807) is 29.4 Å². The van der Waals surface area contributed by atoms with Gasteiger partial charge in [-0.2, -0.15) is 5.10 Å². The number of halogens is 1. The molecule has 0 N–H and O–H groups in total. The van der Waals surface area contributed by atoms with E-state index in [2.05, 4.69) is 10.1 Å². The predicted molar refractivity (Wildman–Crippen MR) is 125 cm³/mol. The Kier molecular flexibility index (Phi) is 5.96. The summed E-state index contributed by atoms with van der Waals surface area (Å²) in [5, 5.41) is 6.19. The summed E-state index contributed by atoms with van der Waals surface area (Å²) in [5.41, 5.74) is 0.762. The van der Waals surface area contributed by atoms with Crippen LogP contribution in [0.2, 0.25) is 5.02 Å². The van der Waals surface area contributed by atoms with Crippen molar-refractivity contribution < 1.29 is 9.21 Å². The van der Waals surface area contributed by atoms with Crippen LogP contribution >= 0.6 is 11.6 Å². The van der Waals surface area contributed by atoms with Crippen LogP contribution in [-0.4, -0.2) is 32.1 Å². The highest BCUT2D eigenvalue weighted by Gasteiger charge is 2.31. The lowest BCUT2D eigenvalue weighted by Gasteiger charge is -2.33. The number of fused-ring (bicyclic) bond motifs is 1. The molecule has 0 bridgehead atoms. The molecule has 5 rings (SSSR count). The largest absolute Gasteiger partial charge is 0.443 e. The van der Waals surface area contributed by atoms with E-state index in [0.717, 1.165) is 36.0 Å². The molecule has 8 heteroatoms. The first kappa shape index (κ1) is 21.4. The number of nitrogens with zero attached hydrogens (tertiary/aromatic N) is 4. The van der Waals surface area contributed by atoms with Crippen molar-refractivity contribution in [2.24, 2.45) is 0 Å². The molecule has 0 radical (unpaired) electrons. The maximum Gasteiger partial charge on any atom is 0.275 e. The van der Waals surface area contributed by atoms with Crippen LogP contribution in [0.25, 0.3) is 10.8 Å². The minimum Gasteiger partial charge on any atom is -0.443 e.